The van der Waals surface area contributed by atoms with Gasteiger partial charge >= 0.3 is 0 Å². The zero-order chi connectivity index (χ0) is 16.4. The zero-order valence-corrected chi connectivity index (χ0v) is 13.3. The van der Waals surface area contributed by atoms with Crippen LogP contribution in [0.4, 0.5) is 0 Å². The van der Waals surface area contributed by atoms with Crippen LogP contribution in [0, 0.1) is 6.92 Å². The van der Waals surface area contributed by atoms with Gasteiger partial charge in [0.05, 0.1) is 6.54 Å². The lowest BCUT2D eigenvalue weighted by Crippen LogP contribution is -2.38. The van der Waals surface area contributed by atoms with Crippen LogP contribution in [-0.2, 0) is 5.60 Å². The van der Waals surface area contributed by atoms with Crippen molar-refractivity contribution in [3.05, 3.63) is 71.4 Å². The third-order valence-corrected chi connectivity index (χ3v) is 4.01. The number of aromatic nitrogens is 1. The fourth-order valence-corrected chi connectivity index (χ4v) is 2.61. The van der Waals surface area contributed by atoms with Crippen LogP contribution in [0.15, 0.2) is 54.6 Å². The summed E-state index contributed by atoms with van der Waals surface area (Å²) in [7, 11) is 0. The number of carbonyl (C=O) groups is 1. The van der Waals surface area contributed by atoms with E-state index in [1.807, 2.05) is 61.5 Å². The number of nitrogens with one attached hydrogen (secondary N) is 2. The Bertz CT molecular complexity index is 835. The van der Waals surface area contributed by atoms with Crippen molar-refractivity contribution in [3.63, 3.8) is 0 Å². The number of fused-ring (bicyclic) bond motifs is 1. The minimum absolute atomic E-state index is 0.143. The van der Waals surface area contributed by atoms with E-state index in [2.05, 4.69) is 10.3 Å². The van der Waals surface area contributed by atoms with Gasteiger partial charge in [-0.05, 0) is 37.1 Å². The molecule has 0 radical (unpaired) electrons. The molecule has 4 nitrogen and oxygen atoms in total. The number of amides is 1. The predicted molar refractivity (Wildman–Crippen MR) is 91.4 cm³/mol. The molecular weight excluding hydrogens is 288 g/mol. The highest BCUT2D eigenvalue weighted by Crippen LogP contribution is 2.20. The van der Waals surface area contributed by atoms with Crippen molar-refractivity contribution in [1.82, 2.24) is 10.3 Å². The molecule has 0 aliphatic rings. The molecule has 0 spiro atoms. The maximum atomic E-state index is 12.3. The highest BCUT2D eigenvalue weighted by Gasteiger charge is 2.24. The molecule has 1 aromatic heterocycles. The van der Waals surface area contributed by atoms with E-state index in [1.165, 1.54) is 0 Å². The zero-order valence-electron chi connectivity index (χ0n) is 13.3. The first-order valence-electron chi connectivity index (χ1n) is 7.61. The van der Waals surface area contributed by atoms with Crippen molar-refractivity contribution >= 4 is 16.8 Å². The summed E-state index contributed by atoms with van der Waals surface area (Å²) in [4.78, 5) is 15.4. The average molecular weight is 308 g/mol. The summed E-state index contributed by atoms with van der Waals surface area (Å²) >= 11 is 0. The fraction of sp³-hybridized carbons (Fsp3) is 0.211. The molecule has 0 saturated heterocycles. The summed E-state index contributed by atoms with van der Waals surface area (Å²) in [6.07, 6.45) is 0. The molecule has 0 aliphatic heterocycles. The number of carbonyl (C=O) groups excluding carboxylic acids is 1. The second-order valence-corrected chi connectivity index (χ2v) is 6.10. The van der Waals surface area contributed by atoms with Crippen molar-refractivity contribution in [3.8, 4) is 0 Å². The highest BCUT2D eigenvalue weighted by atomic mass is 16.3. The van der Waals surface area contributed by atoms with E-state index in [0.717, 1.165) is 22.0 Å². The Morgan fingerprint density at radius 1 is 1.17 bits per heavy atom. The summed E-state index contributed by atoms with van der Waals surface area (Å²) in [5.74, 6) is -0.227. The molecular formula is C19H20N2O2. The predicted octanol–water partition coefficient (Wildman–Crippen LogP) is 3.11. The second kappa shape index (κ2) is 5.89. The normalized spacial score (nSPS) is 13.7. The number of aryl methyl sites for hydroxylation is 1. The Morgan fingerprint density at radius 2 is 1.91 bits per heavy atom. The summed E-state index contributed by atoms with van der Waals surface area (Å²) in [5, 5.41) is 14.3. The topological polar surface area (TPSA) is 65.1 Å². The van der Waals surface area contributed by atoms with Gasteiger partial charge in [0.2, 0.25) is 0 Å². The number of H-pyrrole nitrogens is 1. The number of rotatable bonds is 4. The lowest BCUT2D eigenvalue weighted by Gasteiger charge is -2.24. The molecule has 23 heavy (non-hydrogen) atoms. The summed E-state index contributed by atoms with van der Waals surface area (Å²) in [6.45, 7) is 3.85. The van der Waals surface area contributed by atoms with E-state index >= 15 is 0 Å². The van der Waals surface area contributed by atoms with E-state index in [1.54, 1.807) is 6.92 Å². The van der Waals surface area contributed by atoms with Crippen LogP contribution >= 0.6 is 0 Å². The van der Waals surface area contributed by atoms with Gasteiger partial charge in [0, 0.05) is 10.9 Å². The van der Waals surface area contributed by atoms with E-state index in [-0.39, 0.29) is 12.5 Å². The Morgan fingerprint density at radius 3 is 2.65 bits per heavy atom. The number of hydrogen-bond donors (Lipinski definition) is 3. The fourth-order valence-electron chi connectivity index (χ4n) is 2.61. The second-order valence-electron chi connectivity index (χ2n) is 6.10. The van der Waals surface area contributed by atoms with Crippen LogP contribution in [0.1, 0.15) is 28.5 Å². The molecule has 3 aromatic rings. The first-order chi connectivity index (χ1) is 11.0. The Hall–Kier alpha value is -2.59. The van der Waals surface area contributed by atoms with Gasteiger partial charge in [0.25, 0.3) is 5.91 Å². The number of hydrogen-bond acceptors (Lipinski definition) is 2. The van der Waals surface area contributed by atoms with Gasteiger partial charge in [-0.3, -0.25) is 4.79 Å². The molecule has 0 saturated carbocycles. The minimum Gasteiger partial charge on any atom is -0.384 e. The van der Waals surface area contributed by atoms with E-state index in [9.17, 15) is 9.90 Å². The van der Waals surface area contributed by atoms with Gasteiger partial charge in [-0.15, -0.1) is 0 Å². The Kier molecular flexibility index (Phi) is 3.92. The Balaban J connectivity index is 1.73. The van der Waals surface area contributed by atoms with Crippen LogP contribution in [0.5, 0.6) is 0 Å². The molecule has 1 heterocycles. The van der Waals surface area contributed by atoms with Crippen molar-refractivity contribution in [2.75, 3.05) is 6.54 Å². The smallest absolute Gasteiger partial charge is 0.267 e. The lowest BCUT2D eigenvalue weighted by molar-refractivity contribution is 0.0525. The maximum absolute atomic E-state index is 12.3. The molecule has 3 N–H and O–H groups in total. The van der Waals surface area contributed by atoms with Gasteiger partial charge < -0.3 is 15.4 Å². The van der Waals surface area contributed by atoms with Gasteiger partial charge in [-0.1, -0.05) is 42.5 Å². The first-order valence-corrected chi connectivity index (χ1v) is 7.61. The molecule has 4 heteroatoms. The molecule has 0 bridgehead atoms. The Labute approximate surface area is 135 Å². The maximum Gasteiger partial charge on any atom is 0.267 e. The van der Waals surface area contributed by atoms with Gasteiger partial charge in [0.1, 0.15) is 11.3 Å². The van der Waals surface area contributed by atoms with Crippen molar-refractivity contribution < 1.29 is 9.90 Å². The number of aliphatic hydroxyl groups is 1. The molecule has 1 amide bonds. The molecule has 1 atom stereocenters. The lowest BCUT2D eigenvalue weighted by atomic mass is 9.96. The van der Waals surface area contributed by atoms with Crippen molar-refractivity contribution in [1.29, 1.82) is 0 Å². The highest BCUT2D eigenvalue weighted by molar-refractivity contribution is 5.98. The van der Waals surface area contributed by atoms with Crippen LogP contribution in [0.3, 0.4) is 0 Å². The number of aromatic amines is 1. The third-order valence-electron chi connectivity index (χ3n) is 4.01. The molecule has 0 aliphatic carbocycles. The van der Waals surface area contributed by atoms with Gasteiger partial charge in [-0.25, -0.2) is 0 Å². The molecule has 0 fully saturated rings. The quantitative estimate of drug-likeness (QED) is 0.693. The van der Waals surface area contributed by atoms with Crippen molar-refractivity contribution in [2.24, 2.45) is 0 Å². The van der Waals surface area contributed by atoms with Crippen LogP contribution in [0.2, 0.25) is 0 Å². The monoisotopic (exact) mass is 308 g/mol. The van der Waals surface area contributed by atoms with E-state index < -0.39 is 5.60 Å². The standard InChI is InChI=1S/C19H20N2O2/c1-13-8-9-14-11-17(21-16(14)10-13)18(22)20-12-19(2,23)15-6-4-3-5-7-15/h3-11,21,23H,12H2,1-2H3,(H,20,22). The van der Waals surface area contributed by atoms with Gasteiger partial charge in [-0.2, -0.15) is 0 Å². The summed E-state index contributed by atoms with van der Waals surface area (Å²) < 4.78 is 0. The van der Waals surface area contributed by atoms with E-state index in [0.29, 0.717) is 5.69 Å². The molecule has 1 unspecified atom stereocenters. The first kappa shape index (κ1) is 15.3. The van der Waals surface area contributed by atoms with Crippen LogP contribution < -0.4 is 5.32 Å². The SMILES string of the molecule is Cc1ccc2cc(C(=O)NCC(C)(O)c3ccccc3)[nH]c2c1. The summed E-state index contributed by atoms with van der Waals surface area (Å²) in [5.41, 5.74) is 2.23. The van der Waals surface area contributed by atoms with Crippen LogP contribution in [0.25, 0.3) is 10.9 Å². The van der Waals surface area contributed by atoms with Crippen LogP contribution in [-0.4, -0.2) is 22.5 Å². The minimum atomic E-state index is -1.11. The molecule has 118 valence electrons. The molecule has 2 aromatic carbocycles. The summed E-state index contributed by atoms with van der Waals surface area (Å²) in [6, 6.07) is 17.1. The molecule has 3 rings (SSSR count). The largest absolute Gasteiger partial charge is 0.384 e. The van der Waals surface area contributed by atoms with E-state index in [4.69, 9.17) is 0 Å². The number of benzene rings is 2. The van der Waals surface area contributed by atoms with Gasteiger partial charge in [0.15, 0.2) is 0 Å². The average Bonchev–Trinajstić information content (AvgIpc) is 2.96. The van der Waals surface area contributed by atoms with Crippen molar-refractivity contribution in [2.45, 2.75) is 19.4 Å². The third kappa shape index (κ3) is 3.27.